The van der Waals surface area contributed by atoms with Gasteiger partial charge in [-0.15, -0.1) is 0 Å². The van der Waals surface area contributed by atoms with Crippen LogP contribution in [0.25, 0.3) is 0 Å². The monoisotopic (exact) mass is 309 g/mol. The van der Waals surface area contributed by atoms with E-state index in [0.717, 1.165) is 0 Å². The first-order chi connectivity index (χ1) is 9.40. The molecule has 9 heteroatoms. The number of carbonyl (C=O) groups excluding carboxylic acids is 1. The second kappa shape index (κ2) is 5.92. The Morgan fingerprint density at radius 1 is 1.38 bits per heavy atom. The molecule has 1 unspecified atom stereocenters. The number of nitrogens with zero attached hydrogens (tertiary/aromatic N) is 1. The minimum atomic E-state index is -4.82. The average Bonchev–Trinajstić information content (AvgIpc) is 2.66. The highest BCUT2D eigenvalue weighted by Gasteiger charge is 2.41. The molecule has 0 aliphatic heterocycles. The van der Waals surface area contributed by atoms with Crippen molar-refractivity contribution in [1.82, 2.24) is 10.3 Å². The Balaban J connectivity index is 3.08. The van der Waals surface area contributed by atoms with Crippen LogP contribution in [0.4, 0.5) is 19.2 Å². The lowest BCUT2D eigenvalue weighted by atomic mass is 10.1. The topological polar surface area (TPSA) is 87.4 Å². The van der Waals surface area contributed by atoms with E-state index in [1.54, 1.807) is 20.8 Å². The van der Waals surface area contributed by atoms with E-state index in [9.17, 15) is 18.0 Å². The molecule has 120 valence electrons. The zero-order chi connectivity index (χ0) is 16.4. The quantitative estimate of drug-likeness (QED) is 0.792. The summed E-state index contributed by atoms with van der Waals surface area (Å²) in [5.74, 6) is -2.02. The molecular formula is C12H18F3N3O3. The fourth-order valence-corrected chi connectivity index (χ4v) is 1.36. The predicted molar refractivity (Wildman–Crippen MR) is 68.9 cm³/mol. The first-order valence-corrected chi connectivity index (χ1v) is 6.22. The Bertz CT molecular complexity index is 504. The van der Waals surface area contributed by atoms with E-state index in [1.807, 2.05) is 0 Å². The maximum atomic E-state index is 12.9. The third kappa shape index (κ3) is 5.25. The lowest BCUT2D eigenvalue weighted by Crippen LogP contribution is -2.31. The van der Waals surface area contributed by atoms with Crippen LogP contribution in [0.5, 0.6) is 0 Å². The Kier molecular flexibility index (Phi) is 4.87. The number of hydrogen-bond acceptors (Lipinski definition) is 5. The van der Waals surface area contributed by atoms with Crippen LogP contribution in [-0.4, -0.2) is 34.2 Å². The van der Waals surface area contributed by atoms with Crippen molar-refractivity contribution in [2.24, 2.45) is 0 Å². The molecule has 1 heterocycles. The van der Waals surface area contributed by atoms with Gasteiger partial charge in [0.25, 0.3) is 11.9 Å². The largest absolute Gasteiger partial charge is 0.437 e. The molecule has 0 fully saturated rings. The number of aliphatic hydroxyl groups is 1. The van der Waals surface area contributed by atoms with Gasteiger partial charge >= 0.3 is 6.18 Å². The van der Waals surface area contributed by atoms with Crippen LogP contribution in [0.3, 0.4) is 0 Å². The van der Waals surface area contributed by atoms with E-state index in [-0.39, 0.29) is 6.54 Å². The Hall–Kier alpha value is -1.77. The van der Waals surface area contributed by atoms with Crippen LogP contribution < -0.4 is 10.6 Å². The molecule has 0 aromatic carbocycles. The number of rotatable bonds is 4. The smallest absolute Gasteiger partial charge is 0.418 e. The molecule has 0 aliphatic rings. The Morgan fingerprint density at radius 3 is 2.38 bits per heavy atom. The highest BCUT2D eigenvalue weighted by Crippen LogP contribution is 2.33. The first kappa shape index (κ1) is 17.3. The summed E-state index contributed by atoms with van der Waals surface area (Å²) in [5, 5.41) is 13.8. The summed E-state index contributed by atoms with van der Waals surface area (Å²) < 4.78 is 43.5. The van der Waals surface area contributed by atoms with Crippen molar-refractivity contribution in [3.8, 4) is 0 Å². The number of aliphatic hydroxyl groups excluding tert-OH is 1. The van der Waals surface area contributed by atoms with E-state index >= 15 is 0 Å². The lowest BCUT2D eigenvalue weighted by molar-refractivity contribution is -0.141. The van der Waals surface area contributed by atoms with Gasteiger partial charge in [0.05, 0.1) is 6.10 Å². The number of alkyl halides is 3. The fraction of sp³-hybridized carbons (Fsp3) is 0.667. The van der Waals surface area contributed by atoms with Crippen LogP contribution in [-0.2, 0) is 6.18 Å². The summed E-state index contributed by atoms with van der Waals surface area (Å²) in [6.07, 6.45) is -5.71. The van der Waals surface area contributed by atoms with E-state index in [4.69, 9.17) is 9.52 Å². The third-order valence-electron chi connectivity index (χ3n) is 2.14. The molecule has 1 aromatic heterocycles. The highest BCUT2D eigenvalue weighted by molar-refractivity contribution is 5.93. The van der Waals surface area contributed by atoms with Crippen molar-refractivity contribution >= 4 is 11.9 Å². The second-order valence-corrected chi connectivity index (χ2v) is 5.63. The number of nitrogens with one attached hydrogen (secondary N) is 2. The normalized spacial score (nSPS) is 13.9. The van der Waals surface area contributed by atoms with Gasteiger partial charge in [0.2, 0.25) is 5.76 Å². The zero-order valence-electron chi connectivity index (χ0n) is 12.1. The molecule has 0 radical (unpaired) electrons. The number of amides is 1. The van der Waals surface area contributed by atoms with Gasteiger partial charge in [-0.3, -0.25) is 4.79 Å². The van der Waals surface area contributed by atoms with Gasteiger partial charge in [-0.05, 0) is 27.7 Å². The molecule has 1 rings (SSSR count). The highest BCUT2D eigenvalue weighted by atomic mass is 19.4. The van der Waals surface area contributed by atoms with Gasteiger partial charge < -0.3 is 20.2 Å². The molecule has 0 saturated heterocycles. The van der Waals surface area contributed by atoms with Crippen LogP contribution in [0.15, 0.2) is 4.42 Å². The number of oxazole rings is 1. The molecule has 0 spiro atoms. The number of aromatic nitrogens is 1. The van der Waals surface area contributed by atoms with Crippen molar-refractivity contribution in [1.29, 1.82) is 0 Å². The predicted octanol–water partition coefficient (Wildman–Crippen LogP) is 2.01. The van der Waals surface area contributed by atoms with Crippen molar-refractivity contribution in [3.05, 3.63) is 11.5 Å². The summed E-state index contributed by atoms with van der Waals surface area (Å²) in [5.41, 5.74) is -1.99. The maximum absolute atomic E-state index is 12.9. The van der Waals surface area contributed by atoms with E-state index in [1.165, 1.54) is 6.92 Å². The number of carbonyl (C=O) groups is 1. The second-order valence-electron chi connectivity index (χ2n) is 5.63. The summed E-state index contributed by atoms with van der Waals surface area (Å²) in [4.78, 5) is 15.0. The number of anilines is 1. The third-order valence-corrected chi connectivity index (χ3v) is 2.14. The minimum absolute atomic E-state index is 0.196. The summed E-state index contributed by atoms with van der Waals surface area (Å²) in [6, 6.07) is -0.392. The Labute approximate surface area is 119 Å². The SMILES string of the molecule is CC(O)CNC(=O)c1oc(NC(C)(C)C)nc1C(F)(F)F. The van der Waals surface area contributed by atoms with Crippen LogP contribution in [0.2, 0.25) is 0 Å². The van der Waals surface area contributed by atoms with Gasteiger partial charge in [-0.1, -0.05) is 0 Å². The van der Waals surface area contributed by atoms with Crippen molar-refractivity contribution in [2.45, 2.75) is 45.5 Å². The van der Waals surface area contributed by atoms with E-state index in [0.29, 0.717) is 0 Å². The van der Waals surface area contributed by atoms with Gasteiger partial charge in [-0.2, -0.15) is 18.2 Å². The molecule has 3 N–H and O–H groups in total. The maximum Gasteiger partial charge on any atom is 0.437 e. The van der Waals surface area contributed by atoms with Crippen LogP contribution in [0.1, 0.15) is 43.9 Å². The standard InChI is InChI=1S/C12H18F3N3O3/c1-6(19)5-16-9(20)7-8(12(13,14)15)17-10(21-7)18-11(2,3)4/h6,19H,5H2,1-4H3,(H,16,20)(H,17,18). The lowest BCUT2D eigenvalue weighted by Gasteiger charge is -2.18. The van der Waals surface area contributed by atoms with Gasteiger partial charge in [0.1, 0.15) is 0 Å². The fourth-order valence-electron chi connectivity index (χ4n) is 1.36. The molecule has 0 saturated carbocycles. The molecule has 1 amide bonds. The van der Waals surface area contributed by atoms with Gasteiger partial charge in [-0.25, -0.2) is 0 Å². The van der Waals surface area contributed by atoms with Gasteiger partial charge in [0.15, 0.2) is 5.69 Å². The summed E-state index contributed by atoms with van der Waals surface area (Å²) in [7, 11) is 0. The zero-order valence-corrected chi connectivity index (χ0v) is 12.1. The first-order valence-electron chi connectivity index (χ1n) is 6.22. The van der Waals surface area contributed by atoms with Crippen molar-refractivity contribution < 1.29 is 27.5 Å². The summed E-state index contributed by atoms with van der Waals surface area (Å²) in [6.45, 7) is 6.31. The molecule has 1 aromatic rings. The van der Waals surface area contributed by atoms with E-state index in [2.05, 4.69) is 15.6 Å². The average molecular weight is 309 g/mol. The molecule has 0 aliphatic carbocycles. The molecule has 21 heavy (non-hydrogen) atoms. The van der Waals surface area contributed by atoms with Crippen LogP contribution >= 0.6 is 0 Å². The number of hydrogen-bond donors (Lipinski definition) is 3. The molecule has 1 atom stereocenters. The Morgan fingerprint density at radius 2 is 1.95 bits per heavy atom. The summed E-state index contributed by atoms with van der Waals surface area (Å²) >= 11 is 0. The number of halogens is 3. The van der Waals surface area contributed by atoms with Gasteiger partial charge in [0, 0.05) is 12.1 Å². The molecule has 6 nitrogen and oxygen atoms in total. The molecule has 0 bridgehead atoms. The molecular weight excluding hydrogens is 291 g/mol. The van der Waals surface area contributed by atoms with E-state index < -0.39 is 41.2 Å². The van der Waals surface area contributed by atoms with Crippen molar-refractivity contribution in [2.75, 3.05) is 11.9 Å². The van der Waals surface area contributed by atoms with Crippen LogP contribution in [0, 0.1) is 0 Å². The minimum Gasteiger partial charge on any atom is -0.418 e. The van der Waals surface area contributed by atoms with Crippen molar-refractivity contribution in [3.63, 3.8) is 0 Å².